The van der Waals surface area contributed by atoms with Gasteiger partial charge in [0.05, 0.1) is 21.8 Å². The molecule has 39 heavy (non-hydrogen) atoms. The molecule has 1 aliphatic rings. The van der Waals surface area contributed by atoms with Gasteiger partial charge in [0.25, 0.3) is 0 Å². The first-order valence-corrected chi connectivity index (χ1v) is 14.9. The average Bonchev–Trinajstić information content (AvgIpc) is 3.46. The fraction of sp³-hybridized carbons (Fsp3) is 0.370. The Kier molecular flexibility index (Phi) is 7.53. The lowest BCUT2D eigenvalue weighted by atomic mass is 9.96. The van der Waals surface area contributed by atoms with Crippen molar-refractivity contribution in [2.75, 3.05) is 24.5 Å². The molecule has 5 rings (SSSR count). The molecule has 0 bridgehead atoms. The number of carbonyl (C=O) groups is 1. The summed E-state index contributed by atoms with van der Waals surface area (Å²) in [6.45, 7) is 6.73. The summed E-state index contributed by atoms with van der Waals surface area (Å²) in [5.41, 5.74) is 2.77. The van der Waals surface area contributed by atoms with E-state index in [1.54, 1.807) is 28.9 Å². The molecule has 3 heterocycles. The Morgan fingerprint density at radius 2 is 1.77 bits per heavy atom. The highest BCUT2D eigenvalue weighted by Gasteiger charge is 2.35. The minimum absolute atomic E-state index is 0.0133. The third kappa shape index (κ3) is 5.59. The Morgan fingerprint density at radius 1 is 1.08 bits per heavy atom. The number of aryl methyl sites for hydroxylation is 3. The number of anilines is 1. The van der Waals surface area contributed by atoms with Gasteiger partial charge in [0.15, 0.2) is 10.9 Å². The lowest BCUT2D eigenvalue weighted by Gasteiger charge is -2.33. The summed E-state index contributed by atoms with van der Waals surface area (Å²) in [5.74, 6) is -2.15. The maximum Gasteiger partial charge on any atom is 0.243 e. The van der Waals surface area contributed by atoms with Crippen LogP contribution in [0.2, 0.25) is 0 Å². The highest BCUT2D eigenvalue weighted by molar-refractivity contribution is 7.89. The fourth-order valence-electron chi connectivity index (χ4n) is 4.88. The van der Waals surface area contributed by atoms with Crippen LogP contribution < -0.4 is 4.90 Å². The number of hydrogen-bond donors (Lipinski definition) is 0. The molecule has 1 amide bonds. The molecule has 12 heteroatoms. The van der Waals surface area contributed by atoms with Gasteiger partial charge in [-0.25, -0.2) is 22.2 Å². The standard InChI is InChI=1S/C27H29F2N5O3S2/c1-17-4-6-22(7-5-17)39(36,37)32-10-8-20(9-11-32)26(35)33(12-13-34-19(3)14-18(2)31-34)27-30-25-23(29)15-21(28)16-24(25)38-27/h4-7,14-16,20H,8-13H2,1-3H3. The van der Waals surface area contributed by atoms with Gasteiger partial charge in [-0.15, -0.1) is 0 Å². The molecule has 0 N–H and O–H groups in total. The largest absolute Gasteiger partial charge is 0.286 e. The molecule has 0 saturated carbocycles. The zero-order valence-corrected chi connectivity index (χ0v) is 23.5. The number of piperidine rings is 1. The maximum absolute atomic E-state index is 14.4. The molecule has 0 radical (unpaired) electrons. The first kappa shape index (κ1) is 27.4. The van der Waals surface area contributed by atoms with E-state index >= 15 is 0 Å². The van der Waals surface area contributed by atoms with Crippen molar-refractivity contribution in [1.29, 1.82) is 0 Å². The van der Waals surface area contributed by atoms with Crippen LogP contribution in [0, 0.1) is 38.3 Å². The number of nitrogens with zero attached hydrogens (tertiary/aromatic N) is 5. The highest BCUT2D eigenvalue weighted by Crippen LogP contribution is 2.33. The van der Waals surface area contributed by atoms with E-state index in [9.17, 15) is 22.0 Å². The molecular weight excluding hydrogens is 544 g/mol. The Balaban J connectivity index is 1.37. The molecule has 206 valence electrons. The van der Waals surface area contributed by atoms with E-state index in [4.69, 9.17) is 0 Å². The minimum atomic E-state index is -3.67. The normalized spacial score (nSPS) is 15.2. The number of hydrogen-bond acceptors (Lipinski definition) is 6. The summed E-state index contributed by atoms with van der Waals surface area (Å²) in [6.07, 6.45) is 0.683. The van der Waals surface area contributed by atoms with E-state index in [-0.39, 0.29) is 41.1 Å². The van der Waals surface area contributed by atoms with Crippen molar-refractivity contribution in [3.63, 3.8) is 0 Å². The van der Waals surface area contributed by atoms with Crippen molar-refractivity contribution in [1.82, 2.24) is 19.1 Å². The van der Waals surface area contributed by atoms with Gasteiger partial charge in [0, 0.05) is 37.3 Å². The molecule has 0 spiro atoms. The van der Waals surface area contributed by atoms with Crippen molar-refractivity contribution in [2.45, 2.75) is 45.1 Å². The lowest BCUT2D eigenvalue weighted by Crippen LogP contribution is -2.45. The maximum atomic E-state index is 14.4. The van der Waals surface area contributed by atoms with Crippen molar-refractivity contribution in [2.24, 2.45) is 5.92 Å². The van der Waals surface area contributed by atoms with Crippen LogP contribution in [-0.2, 0) is 21.4 Å². The third-order valence-electron chi connectivity index (χ3n) is 7.00. The third-order valence-corrected chi connectivity index (χ3v) is 9.94. The molecule has 0 aliphatic carbocycles. The van der Waals surface area contributed by atoms with E-state index in [2.05, 4.69) is 10.1 Å². The molecule has 8 nitrogen and oxygen atoms in total. The molecule has 2 aromatic carbocycles. The van der Waals surface area contributed by atoms with Crippen molar-refractivity contribution in [3.8, 4) is 0 Å². The second kappa shape index (κ2) is 10.7. The summed E-state index contributed by atoms with van der Waals surface area (Å²) in [4.78, 5) is 19.9. The number of amides is 1. The smallest absolute Gasteiger partial charge is 0.243 e. The van der Waals surface area contributed by atoms with Crippen LogP contribution in [0.4, 0.5) is 13.9 Å². The number of halogens is 2. The van der Waals surface area contributed by atoms with Gasteiger partial charge in [-0.3, -0.25) is 14.4 Å². The van der Waals surface area contributed by atoms with Crippen molar-refractivity contribution >= 4 is 42.6 Å². The highest BCUT2D eigenvalue weighted by atomic mass is 32.2. The Bertz CT molecular complexity index is 1630. The van der Waals surface area contributed by atoms with Crippen LogP contribution >= 0.6 is 11.3 Å². The number of sulfonamides is 1. The zero-order chi connectivity index (χ0) is 27.9. The van der Waals surface area contributed by atoms with Gasteiger partial charge >= 0.3 is 0 Å². The molecule has 0 atom stereocenters. The van der Waals surface area contributed by atoms with Crippen molar-refractivity contribution < 1.29 is 22.0 Å². The van der Waals surface area contributed by atoms with E-state index in [1.807, 2.05) is 26.8 Å². The number of aromatic nitrogens is 3. The summed E-state index contributed by atoms with van der Waals surface area (Å²) >= 11 is 1.05. The number of carbonyl (C=O) groups excluding carboxylic acids is 1. The van der Waals surface area contributed by atoms with Gasteiger partial charge in [-0.2, -0.15) is 9.40 Å². The van der Waals surface area contributed by atoms with Gasteiger partial charge in [0.1, 0.15) is 11.3 Å². The second-order valence-electron chi connectivity index (χ2n) is 9.86. The molecule has 0 unspecified atom stereocenters. The van der Waals surface area contributed by atoms with Gasteiger partial charge in [-0.05, 0) is 57.9 Å². The zero-order valence-electron chi connectivity index (χ0n) is 21.9. The summed E-state index contributed by atoms with van der Waals surface area (Å²) in [7, 11) is -3.67. The predicted molar refractivity (Wildman–Crippen MR) is 146 cm³/mol. The minimum Gasteiger partial charge on any atom is -0.286 e. The SMILES string of the molecule is Cc1ccc(S(=O)(=O)N2CCC(C(=O)N(CCn3nc(C)cc3C)c3nc4c(F)cc(F)cc4s3)CC2)cc1. The molecule has 1 saturated heterocycles. The second-order valence-corrected chi connectivity index (χ2v) is 12.8. The molecule has 1 fully saturated rings. The van der Waals surface area contributed by atoms with Crippen molar-refractivity contribution in [3.05, 3.63) is 71.1 Å². The van der Waals surface area contributed by atoms with Gasteiger partial charge < -0.3 is 0 Å². The molecular formula is C27H29F2N5O3S2. The van der Waals surface area contributed by atoms with Crippen LogP contribution in [-0.4, -0.2) is 53.0 Å². The number of rotatable bonds is 7. The molecule has 4 aromatic rings. The van der Waals surface area contributed by atoms with Gasteiger partial charge in [-0.1, -0.05) is 29.0 Å². The molecule has 2 aromatic heterocycles. The Hall–Kier alpha value is -3.22. The van der Waals surface area contributed by atoms with E-state index in [1.165, 1.54) is 15.3 Å². The first-order valence-electron chi connectivity index (χ1n) is 12.7. The Labute approximate surface area is 229 Å². The summed E-state index contributed by atoms with van der Waals surface area (Å²) in [6, 6.07) is 10.6. The number of benzene rings is 2. The quantitative estimate of drug-likeness (QED) is 0.316. The lowest BCUT2D eigenvalue weighted by molar-refractivity contribution is -0.123. The molecule has 1 aliphatic heterocycles. The van der Waals surface area contributed by atoms with Crippen LogP contribution in [0.5, 0.6) is 0 Å². The van der Waals surface area contributed by atoms with Crippen LogP contribution in [0.15, 0.2) is 47.4 Å². The number of fused-ring (bicyclic) bond motifs is 1. The van der Waals surface area contributed by atoms with E-state index in [0.717, 1.165) is 34.4 Å². The van der Waals surface area contributed by atoms with Crippen LogP contribution in [0.3, 0.4) is 0 Å². The van der Waals surface area contributed by atoms with E-state index in [0.29, 0.717) is 24.1 Å². The Morgan fingerprint density at radius 3 is 2.41 bits per heavy atom. The summed E-state index contributed by atoms with van der Waals surface area (Å²) < 4.78 is 58.0. The first-order chi connectivity index (χ1) is 18.5. The fourth-order valence-corrected chi connectivity index (χ4v) is 7.39. The predicted octanol–water partition coefficient (Wildman–Crippen LogP) is 4.83. The summed E-state index contributed by atoms with van der Waals surface area (Å²) in [5, 5.41) is 4.74. The topological polar surface area (TPSA) is 88.4 Å². The monoisotopic (exact) mass is 573 g/mol. The van der Waals surface area contributed by atoms with Gasteiger partial charge in [0.2, 0.25) is 15.9 Å². The van der Waals surface area contributed by atoms with Crippen LogP contribution in [0.1, 0.15) is 29.8 Å². The van der Waals surface area contributed by atoms with E-state index < -0.39 is 27.6 Å². The number of thiazole rings is 1. The van der Waals surface area contributed by atoms with Crippen LogP contribution in [0.25, 0.3) is 10.2 Å². The average molecular weight is 574 g/mol.